The summed E-state index contributed by atoms with van der Waals surface area (Å²) in [7, 11) is 0. The van der Waals surface area contributed by atoms with E-state index in [9.17, 15) is 19.2 Å². The number of nitrogens with zero attached hydrogens (tertiary/aromatic N) is 1. The second-order valence-electron chi connectivity index (χ2n) is 5.95. The van der Waals surface area contributed by atoms with E-state index in [1.165, 1.54) is 0 Å². The number of esters is 4. The summed E-state index contributed by atoms with van der Waals surface area (Å²) < 4.78 is 19.8. The first-order chi connectivity index (χ1) is 11.0. The minimum absolute atomic E-state index is 0. The van der Waals surface area contributed by atoms with Crippen LogP contribution in [0.15, 0.2) is 0 Å². The zero-order valence-electron chi connectivity index (χ0n) is 13.3. The molecule has 0 radical (unpaired) electrons. The molecule has 3 fully saturated rings. The van der Waals surface area contributed by atoms with Gasteiger partial charge < -0.3 is 25.1 Å². The SMILES string of the molecule is N.O=C1C[N+]2(CC(=O)OCCO1)CC(=O)OCCOC(=O)C21CC1. The highest BCUT2D eigenvalue weighted by molar-refractivity contribution is 5.85. The molecule has 10 heteroatoms. The second-order valence-corrected chi connectivity index (χ2v) is 5.95. The first kappa shape index (κ1) is 18.1. The van der Waals surface area contributed by atoms with Crippen molar-refractivity contribution < 1.29 is 42.6 Å². The van der Waals surface area contributed by atoms with E-state index in [-0.39, 0.29) is 56.7 Å². The fourth-order valence-electron chi connectivity index (χ4n) is 3.23. The summed E-state index contributed by atoms with van der Waals surface area (Å²) >= 11 is 0. The lowest BCUT2D eigenvalue weighted by molar-refractivity contribution is -0.933. The van der Waals surface area contributed by atoms with Crippen LogP contribution < -0.4 is 6.15 Å². The van der Waals surface area contributed by atoms with Gasteiger partial charge >= 0.3 is 23.9 Å². The molecule has 2 spiro atoms. The van der Waals surface area contributed by atoms with Gasteiger partial charge in [0.1, 0.15) is 26.4 Å². The normalized spacial score (nSPS) is 26.0. The van der Waals surface area contributed by atoms with Crippen molar-refractivity contribution in [2.75, 3.05) is 46.1 Å². The third-order valence-corrected chi connectivity index (χ3v) is 4.50. The first-order valence-electron chi connectivity index (χ1n) is 7.48. The van der Waals surface area contributed by atoms with Gasteiger partial charge in [0, 0.05) is 12.8 Å². The van der Waals surface area contributed by atoms with Gasteiger partial charge in [-0.3, -0.25) is 4.48 Å². The minimum atomic E-state index is -1.09. The van der Waals surface area contributed by atoms with Crippen LogP contribution in [0.3, 0.4) is 0 Å². The van der Waals surface area contributed by atoms with Crippen molar-refractivity contribution in [3.63, 3.8) is 0 Å². The van der Waals surface area contributed by atoms with Crippen LogP contribution in [0.25, 0.3) is 0 Å². The molecule has 3 N–H and O–H groups in total. The van der Waals surface area contributed by atoms with Crippen molar-refractivity contribution in [3.05, 3.63) is 0 Å². The van der Waals surface area contributed by atoms with E-state index in [0.29, 0.717) is 12.8 Å². The van der Waals surface area contributed by atoms with Gasteiger partial charge in [-0.25, -0.2) is 19.2 Å². The Bertz CT molecular complexity index is 512. The Hall–Kier alpha value is -2.20. The van der Waals surface area contributed by atoms with Crippen LogP contribution in [0, 0.1) is 0 Å². The predicted molar refractivity (Wildman–Crippen MR) is 75.7 cm³/mol. The van der Waals surface area contributed by atoms with Gasteiger partial charge in [-0.15, -0.1) is 0 Å². The average molecular weight is 345 g/mol. The number of carbonyl (C=O) groups is 4. The fourth-order valence-corrected chi connectivity index (χ4v) is 3.23. The number of hydrogen-bond donors (Lipinski definition) is 1. The topological polar surface area (TPSA) is 140 Å². The Morgan fingerprint density at radius 2 is 1.04 bits per heavy atom. The van der Waals surface area contributed by atoms with Gasteiger partial charge in [0.25, 0.3) is 0 Å². The highest BCUT2D eigenvalue weighted by Crippen LogP contribution is 2.48. The number of carbonyl (C=O) groups excluding carboxylic acids is 4. The van der Waals surface area contributed by atoms with Crippen molar-refractivity contribution in [2.45, 2.75) is 18.4 Å². The Morgan fingerprint density at radius 1 is 0.667 bits per heavy atom. The molecule has 0 aromatic carbocycles. The highest BCUT2D eigenvalue weighted by Gasteiger charge is 2.69. The predicted octanol–water partition coefficient (Wildman–Crippen LogP) is -1.30. The van der Waals surface area contributed by atoms with Crippen molar-refractivity contribution in [1.82, 2.24) is 6.15 Å². The molecule has 1 saturated carbocycles. The number of fused-ring (bicyclic) bond motifs is 1. The molecule has 3 rings (SSSR count). The van der Waals surface area contributed by atoms with E-state index in [4.69, 9.17) is 18.9 Å². The molecular formula is C14H21N2O8+. The van der Waals surface area contributed by atoms with Crippen molar-refractivity contribution in [1.29, 1.82) is 0 Å². The lowest BCUT2D eigenvalue weighted by Crippen LogP contribution is -2.66. The lowest BCUT2D eigenvalue weighted by atomic mass is 10.1. The highest BCUT2D eigenvalue weighted by atomic mass is 16.6. The molecule has 2 heterocycles. The van der Waals surface area contributed by atoms with E-state index < -0.39 is 29.4 Å². The average Bonchev–Trinajstić information content (AvgIpc) is 3.27. The molecule has 0 unspecified atom stereocenters. The van der Waals surface area contributed by atoms with Crippen LogP contribution in [-0.2, 0) is 38.1 Å². The van der Waals surface area contributed by atoms with Crippen molar-refractivity contribution in [3.8, 4) is 0 Å². The van der Waals surface area contributed by atoms with Crippen molar-refractivity contribution in [2.24, 2.45) is 0 Å². The molecule has 0 amide bonds. The Labute approximate surface area is 138 Å². The maximum Gasteiger partial charge on any atom is 0.368 e. The van der Waals surface area contributed by atoms with Crippen molar-refractivity contribution >= 4 is 23.9 Å². The number of quaternary nitrogens is 1. The monoisotopic (exact) mass is 345 g/mol. The molecule has 1 aliphatic carbocycles. The van der Waals surface area contributed by atoms with Crippen LogP contribution in [0.4, 0.5) is 0 Å². The van der Waals surface area contributed by atoms with E-state index >= 15 is 0 Å². The summed E-state index contributed by atoms with van der Waals surface area (Å²) in [5.41, 5.74) is -1.09. The molecule has 0 aromatic heterocycles. The minimum Gasteiger partial charge on any atom is -0.458 e. The van der Waals surface area contributed by atoms with Crippen LogP contribution >= 0.6 is 0 Å². The van der Waals surface area contributed by atoms with Crippen LogP contribution in [0.2, 0.25) is 0 Å². The molecule has 2 aliphatic heterocycles. The van der Waals surface area contributed by atoms with Gasteiger partial charge in [0.05, 0.1) is 0 Å². The standard InChI is InChI=1S/C14H18NO8.H3N/c16-10-7-15(8-11(17)21-4-3-20-10)9-12(18)22-5-6-23-13(19)14(15)1-2-14;/h1-9H2;1H3/q+1;. The zero-order valence-corrected chi connectivity index (χ0v) is 13.3. The van der Waals surface area contributed by atoms with Gasteiger partial charge in [-0.1, -0.05) is 0 Å². The van der Waals surface area contributed by atoms with Crippen LogP contribution in [0.1, 0.15) is 12.8 Å². The summed E-state index contributed by atoms with van der Waals surface area (Å²) in [4.78, 5) is 48.7. The first-order valence-corrected chi connectivity index (χ1v) is 7.48. The Kier molecular flexibility index (Phi) is 5.09. The second kappa shape index (κ2) is 6.73. The van der Waals surface area contributed by atoms with E-state index in [0.717, 1.165) is 0 Å². The summed E-state index contributed by atoms with van der Waals surface area (Å²) in [5.74, 6) is -2.28. The summed E-state index contributed by atoms with van der Waals surface area (Å²) in [6, 6.07) is 0. The van der Waals surface area contributed by atoms with E-state index in [1.54, 1.807) is 0 Å². The number of hydrogen-bond acceptors (Lipinski definition) is 9. The summed E-state index contributed by atoms with van der Waals surface area (Å²) in [5, 5.41) is 0. The van der Waals surface area contributed by atoms with Gasteiger partial charge in [-0.05, 0) is 0 Å². The molecule has 0 bridgehead atoms. The number of rotatable bonds is 0. The fraction of sp³-hybridized carbons (Fsp3) is 0.714. The largest absolute Gasteiger partial charge is 0.458 e. The van der Waals surface area contributed by atoms with E-state index in [1.807, 2.05) is 0 Å². The number of ether oxygens (including phenoxy) is 4. The molecule has 10 nitrogen and oxygen atoms in total. The maximum atomic E-state index is 12.5. The van der Waals surface area contributed by atoms with Crippen LogP contribution in [-0.4, -0.2) is 80.0 Å². The van der Waals surface area contributed by atoms with Gasteiger partial charge in [-0.2, -0.15) is 0 Å². The molecule has 0 atom stereocenters. The van der Waals surface area contributed by atoms with Crippen LogP contribution in [0.5, 0.6) is 0 Å². The molecule has 3 aliphatic rings. The van der Waals surface area contributed by atoms with Gasteiger partial charge in [0.15, 0.2) is 25.2 Å². The lowest BCUT2D eigenvalue weighted by Gasteiger charge is -2.40. The Balaban J connectivity index is 0.00000208. The Morgan fingerprint density at radius 3 is 1.42 bits per heavy atom. The van der Waals surface area contributed by atoms with Gasteiger partial charge in [0.2, 0.25) is 0 Å². The third kappa shape index (κ3) is 3.20. The quantitative estimate of drug-likeness (QED) is 0.322. The molecule has 0 aromatic rings. The maximum absolute atomic E-state index is 12.5. The molecule has 2 saturated heterocycles. The number of cyclic esters (lactones) is 4. The smallest absolute Gasteiger partial charge is 0.368 e. The summed E-state index contributed by atoms with van der Waals surface area (Å²) in [6.45, 7) is -1.02. The summed E-state index contributed by atoms with van der Waals surface area (Å²) in [6.07, 6.45) is 0.860. The van der Waals surface area contributed by atoms with E-state index in [2.05, 4.69) is 0 Å². The zero-order chi connectivity index (χ0) is 16.5. The molecular weight excluding hydrogens is 324 g/mol. The molecule has 24 heavy (non-hydrogen) atoms. The third-order valence-electron chi connectivity index (χ3n) is 4.50. The molecule has 134 valence electrons.